The van der Waals surface area contributed by atoms with E-state index in [9.17, 15) is 0 Å². The van der Waals surface area contributed by atoms with Gasteiger partial charge in [0, 0.05) is 30.6 Å². The van der Waals surface area contributed by atoms with E-state index in [4.69, 9.17) is 28.0 Å². The van der Waals surface area contributed by atoms with Crippen LogP contribution in [-0.4, -0.2) is 13.2 Å². The van der Waals surface area contributed by atoms with E-state index < -0.39 is 0 Å². The number of hydrogen-bond donors (Lipinski definition) is 0. The molecule has 0 amide bonds. The van der Waals surface area contributed by atoms with Crippen LogP contribution in [0, 0.1) is 33.3 Å². The Morgan fingerprint density at radius 2 is 0.765 bits per heavy atom. The molecule has 1 rings (SSSR count). The van der Waals surface area contributed by atoms with E-state index in [0.29, 0.717) is 0 Å². The Labute approximate surface area is 111 Å². The van der Waals surface area contributed by atoms with Crippen molar-refractivity contribution in [1.29, 1.82) is 0 Å². The van der Waals surface area contributed by atoms with Gasteiger partial charge in [-0.1, -0.05) is 0 Å². The molecule has 0 aromatic carbocycles. The van der Waals surface area contributed by atoms with Gasteiger partial charge in [-0.05, 0) is 19.3 Å². The predicted octanol–water partition coefficient (Wildman–Crippen LogP) is 0.997. The van der Waals surface area contributed by atoms with Crippen molar-refractivity contribution < 1.29 is 45.4 Å². The molecule has 6 nitrogen and oxygen atoms in total. The minimum Gasteiger partial charge on any atom is 0 e. The van der Waals surface area contributed by atoms with Gasteiger partial charge in [0.1, 0.15) is 0 Å². The average Bonchev–Trinajstić information content (AvgIpc) is 2.51. The first kappa shape index (κ1) is 36.0. The Hall–Kier alpha value is -0.808. The van der Waals surface area contributed by atoms with Gasteiger partial charge in [-0.25, -0.2) is 0 Å². The van der Waals surface area contributed by atoms with E-state index in [-0.39, 0.29) is 17.4 Å². The Balaban J connectivity index is -0.0000000242. The van der Waals surface area contributed by atoms with Crippen molar-refractivity contribution >= 4 is 0 Å². The Bertz CT molecular complexity index is 131. The van der Waals surface area contributed by atoms with Crippen LogP contribution in [-0.2, 0) is 45.4 Å². The van der Waals surface area contributed by atoms with Crippen LogP contribution < -0.4 is 0 Å². The van der Waals surface area contributed by atoms with Crippen LogP contribution in [0.4, 0.5) is 0 Å². The largest absolute Gasteiger partial charge is 0 e. The zero-order valence-electron chi connectivity index (χ0n) is 8.89. The van der Waals surface area contributed by atoms with E-state index in [2.05, 4.69) is 33.3 Å². The van der Waals surface area contributed by atoms with Gasteiger partial charge >= 0.3 is 56.5 Å². The summed E-state index contributed by atoms with van der Waals surface area (Å²) in [6.07, 6.45) is 3.93. The third kappa shape index (κ3) is 98.1. The second-order valence-corrected chi connectivity index (χ2v) is 1.67. The summed E-state index contributed by atoms with van der Waals surface area (Å²) in [4.78, 5) is 0. The van der Waals surface area contributed by atoms with Crippen molar-refractivity contribution in [3.63, 3.8) is 0 Å². The van der Waals surface area contributed by atoms with Gasteiger partial charge in [-0.3, -0.25) is 0 Å². The topological polar surface area (TPSA) is 109 Å². The van der Waals surface area contributed by atoms with E-state index in [0.717, 1.165) is 13.2 Å². The van der Waals surface area contributed by atoms with Crippen molar-refractivity contribution in [1.82, 2.24) is 0 Å². The molecule has 0 unspecified atom stereocenters. The third-order valence-corrected chi connectivity index (χ3v) is 1.08. The monoisotopic (exact) mass is 278 g/mol. The Kier molecular flexibility index (Phi) is 240. The molecular formula is C10H10CrO6. The molecule has 0 aliphatic carbocycles. The fourth-order valence-corrected chi connectivity index (χ4v) is 0.687. The molecule has 92 valence electrons. The van der Waals surface area contributed by atoms with Crippen LogP contribution in [0.3, 0.4) is 0 Å². The number of rotatable bonds is 0. The smallest absolute Gasteiger partial charge is 0 e. The summed E-state index contributed by atoms with van der Waals surface area (Å²) in [5.74, 6) is 0. The van der Waals surface area contributed by atoms with Gasteiger partial charge in [0.05, 0.1) is 0 Å². The molecule has 0 N–H and O–H groups in total. The predicted molar refractivity (Wildman–Crippen MR) is 44.3 cm³/mol. The van der Waals surface area contributed by atoms with E-state index in [1.807, 2.05) is 0 Å². The van der Waals surface area contributed by atoms with Gasteiger partial charge in [-0.15, -0.1) is 0 Å². The van der Waals surface area contributed by atoms with Crippen molar-refractivity contribution in [3.8, 4) is 0 Å². The van der Waals surface area contributed by atoms with E-state index in [1.54, 1.807) is 0 Å². The van der Waals surface area contributed by atoms with Crippen molar-refractivity contribution in [2.75, 3.05) is 13.2 Å². The minimum absolute atomic E-state index is 0. The fourth-order valence-electron chi connectivity index (χ4n) is 0.687. The first-order chi connectivity index (χ1) is 8.00. The van der Waals surface area contributed by atoms with Crippen LogP contribution in [0.5, 0.6) is 0 Å². The molecule has 1 saturated heterocycles. The molecule has 0 radical (unpaired) electrons. The maximum absolute atomic E-state index is 7.50. The summed E-state index contributed by atoms with van der Waals surface area (Å²) in [6, 6.07) is 0. The van der Waals surface area contributed by atoms with Gasteiger partial charge in [0.2, 0.25) is 0 Å². The zero-order chi connectivity index (χ0) is 14.2. The summed E-state index contributed by atoms with van der Waals surface area (Å²) >= 11 is 0. The molecule has 0 spiro atoms. The average molecular weight is 278 g/mol. The van der Waals surface area contributed by atoms with Crippen molar-refractivity contribution in [3.05, 3.63) is 33.3 Å². The summed E-state index contributed by atoms with van der Waals surface area (Å²) in [6.45, 7) is 24.5. The van der Waals surface area contributed by atoms with Gasteiger partial charge < -0.3 is 4.74 Å². The standard InChI is InChI=1S/C5H10O.5CO.Cr/c1-2-4-6-5-3-1;5*1-2;/h1-5H2;;;;;;. The quantitative estimate of drug-likeness (QED) is 0.478. The summed E-state index contributed by atoms with van der Waals surface area (Å²) in [5.41, 5.74) is 0. The van der Waals surface area contributed by atoms with Crippen molar-refractivity contribution in [2.24, 2.45) is 0 Å². The molecule has 7 heteroatoms. The first-order valence-electron chi connectivity index (χ1n) is 3.60. The molecule has 1 heterocycles. The number of ether oxygens (including phenoxy) is 1. The molecule has 0 saturated carbocycles. The summed E-state index contributed by atoms with van der Waals surface area (Å²) in [7, 11) is 0. The SMILES string of the molecule is C1CCOCC1.[C-]#[O+].[C-]#[O+].[C-]#[O+].[C-]#[O+].[C-]#[O+].[Cr]. The maximum Gasteiger partial charge on any atom is 0 e. The molecule has 0 atom stereocenters. The third-order valence-electron chi connectivity index (χ3n) is 1.08. The second kappa shape index (κ2) is 114. The first-order valence-corrected chi connectivity index (χ1v) is 3.60. The minimum atomic E-state index is 0. The fraction of sp³-hybridized carbons (Fsp3) is 0.500. The van der Waals surface area contributed by atoms with Crippen LogP contribution in [0.1, 0.15) is 19.3 Å². The molecular weight excluding hydrogens is 268 g/mol. The van der Waals surface area contributed by atoms with E-state index in [1.165, 1.54) is 19.3 Å². The molecule has 1 aliphatic heterocycles. The zero-order valence-corrected chi connectivity index (χ0v) is 10.2. The molecule has 1 fully saturated rings. The molecule has 0 bridgehead atoms. The van der Waals surface area contributed by atoms with Gasteiger partial charge in [0.25, 0.3) is 0 Å². The van der Waals surface area contributed by atoms with Gasteiger partial charge in [0.15, 0.2) is 0 Å². The molecule has 0 aromatic rings. The van der Waals surface area contributed by atoms with Crippen LogP contribution in [0.15, 0.2) is 0 Å². The Morgan fingerprint density at radius 3 is 0.824 bits per heavy atom. The Morgan fingerprint density at radius 1 is 0.529 bits per heavy atom. The second-order valence-electron chi connectivity index (χ2n) is 1.67. The van der Waals surface area contributed by atoms with Crippen LogP contribution in [0.2, 0.25) is 0 Å². The normalized spacial score (nSPS) is 9.06. The summed E-state index contributed by atoms with van der Waals surface area (Å²) in [5, 5.41) is 0. The number of hydrogen-bond acceptors (Lipinski definition) is 1. The molecule has 17 heavy (non-hydrogen) atoms. The van der Waals surface area contributed by atoms with E-state index >= 15 is 0 Å². The molecule has 1 aliphatic rings. The van der Waals surface area contributed by atoms with Crippen LogP contribution >= 0.6 is 0 Å². The maximum atomic E-state index is 7.50. The molecule has 0 aromatic heterocycles. The summed E-state index contributed by atoms with van der Waals surface area (Å²) < 4.78 is 42.6. The van der Waals surface area contributed by atoms with Crippen molar-refractivity contribution in [2.45, 2.75) is 19.3 Å². The van der Waals surface area contributed by atoms with Crippen LogP contribution in [0.25, 0.3) is 0 Å². The van der Waals surface area contributed by atoms with Gasteiger partial charge in [-0.2, -0.15) is 0 Å².